The molecule has 0 aromatic carbocycles. The van der Waals surface area contributed by atoms with Gasteiger partial charge in [-0.1, -0.05) is 0 Å². The van der Waals surface area contributed by atoms with Crippen molar-refractivity contribution in [3.8, 4) is 0 Å². The molecule has 0 aromatic heterocycles. The first-order chi connectivity index (χ1) is 10.4. The van der Waals surface area contributed by atoms with Crippen molar-refractivity contribution in [3.63, 3.8) is 0 Å². The van der Waals surface area contributed by atoms with Crippen molar-refractivity contribution in [2.45, 2.75) is 61.7 Å². The second-order valence-corrected chi connectivity index (χ2v) is 8.86. The summed E-state index contributed by atoms with van der Waals surface area (Å²) in [5.41, 5.74) is -0.516. The largest absolute Gasteiger partial charge is 0.431 e. The van der Waals surface area contributed by atoms with E-state index in [2.05, 4.69) is 0 Å². The maximum absolute atomic E-state index is 13.5. The molecule has 134 valence electrons. The van der Waals surface area contributed by atoms with E-state index in [1.54, 1.807) is 0 Å². The number of alkyl halides is 4. The third-order valence-electron chi connectivity index (χ3n) is 5.56. The molecule has 23 heavy (non-hydrogen) atoms. The highest BCUT2D eigenvalue weighted by Gasteiger charge is 2.65. The number of rotatable bonds is 6. The zero-order chi connectivity index (χ0) is 17.1. The summed E-state index contributed by atoms with van der Waals surface area (Å²) in [6.07, 6.45) is 4.22. The Morgan fingerprint density at radius 1 is 1.00 bits per heavy atom. The molecule has 4 aliphatic carbocycles. The lowest BCUT2D eigenvalue weighted by molar-refractivity contribution is -0.199. The van der Waals surface area contributed by atoms with Gasteiger partial charge in [0.05, 0.1) is 12.2 Å². The van der Waals surface area contributed by atoms with Crippen molar-refractivity contribution >= 4 is 10.1 Å². The predicted octanol–water partition coefficient (Wildman–Crippen LogP) is 3.48. The van der Waals surface area contributed by atoms with Gasteiger partial charge in [0.1, 0.15) is 0 Å². The Morgan fingerprint density at radius 2 is 1.43 bits per heavy atom. The smallest absolute Gasteiger partial charge is 0.375 e. The maximum Gasteiger partial charge on any atom is 0.431 e. The lowest BCUT2D eigenvalue weighted by atomic mass is 9.54. The Bertz CT molecular complexity index is 540. The molecule has 0 radical (unpaired) electrons. The summed E-state index contributed by atoms with van der Waals surface area (Å²) in [5.74, 6) is -3.33. The maximum atomic E-state index is 13.5. The Labute approximate surface area is 132 Å². The van der Waals surface area contributed by atoms with Crippen LogP contribution in [0.2, 0.25) is 0 Å². The second-order valence-electron chi connectivity index (χ2n) is 7.40. The van der Waals surface area contributed by atoms with Gasteiger partial charge in [-0.2, -0.15) is 26.0 Å². The van der Waals surface area contributed by atoms with Gasteiger partial charge in [0, 0.05) is 6.42 Å². The number of ether oxygens (including phenoxy) is 1. The van der Waals surface area contributed by atoms with Crippen molar-refractivity contribution in [2.24, 2.45) is 17.8 Å². The molecular formula is C14H20F4O4S. The molecule has 4 bridgehead atoms. The van der Waals surface area contributed by atoms with Gasteiger partial charge in [-0.15, -0.1) is 0 Å². The zero-order valence-electron chi connectivity index (χ0n) is 12.5. The molecule has 4 rings (SSSR count). The first kappa shape index (κ1) is 17.4. The van der Waals surface area contributed by atoms with E-state index in [1.165, 1.54) is 0 Å². The van der Waals surface area contributed by atoms with E-state index in [9.17, 15) is 26.0 Å². The molecule has 0 aliphatic heterocycles. The van der Waals surface area contributed by atoms with Crippen LogP contribution in [0.15, 0.2) is 0 Å². The molecule has 0 heterocycles. The van der Waals surface area contributed by atoms with Crippen LogP contribution >= 0.6 is 0 Å². The van der Waals surface area contributed by atoms with Crippen LogP contribution in [-0.4, -0.2) is 36.4 Å². The van der Waals surface area contributed by atoms with E-state index in [0.29, 0.717) is 17.8 Å². The highest BCUT2D eigenvalue weighted by Crippen LogP contribution is 2.57. The lowest BCUT2D eigenvalue weighted by Crippen LogP contribution is -2.53. The van der Waals surface area contributed by atoms with Gasteiger partial charge >= 0.3 is 21.3 Å². The number of hydrogen-bond acceptors (Lipinski definition) is 3. The highest BCUT2D eigenvalue weighted by atomic mass is 32.2. The molecule has 0 aromatic rings. The van der Waals surface area contributed by atoms with Gasteiger partial charge in [-0.25, -0.2) is 0 Å². The van der Waals surface area contributed by atoms with Crippen molar-refractivity contribution in [3.05, 3.63) is 0 Å². The second kappa shape index (κ2) is 5.29. The molecule has 4 nitrogen and oxygen atoms in total. The van der Waals surface area contributed by atoms with Crippen molar-refractivity contribution < 1.29 is 35.3 Å². The summed E-state index contributed by atoms with van der Waals surface area (Å²) < 4.78 is 88.1. The SMILES string of the molecule is O=S(=O)(O)C(F)(F)C(F)(F)CCOC12CC3CC(CC(C3)C1)C2. The normalized spacial score (nSPS) is 37.3. The Kier molecular flexibility index (Phi) is 4.01. The van der Waals surface area contributed by atoms with Gasteiger partial charge in [0.15, 0.2) is 0 Å². The monoisotopic (exact) mass is 360 g/mol. The first-order valence-corrected chi connectivity index (χ1v) is 9.25. The minimum absolute atomic E-state index is 0.515. The quantitative estimate of drug-likeness (QED) is 0.582. The fourth-order valence-corrected chi connectivity index (χ4v) is 5.42. The molecular weight excluding hydrogens is 340 g/mol. The minimum atomic E-state index is -6.17. The highest BCUT2D eigenvalue weighted by molar-refractivity contribution is 7.87. The van der Waals surface area contributed by atoms with E-state index in [-0.39, 0.29) is 0 Å². The van der Waals surface area contributed by atoms with Crippen molar-refractivity contribution in [2.75, 3.05) is 6.61 Å². The molecule has 0 saturated heterocycles. The third-order valence-corrected chi connectivity index (χ3v) is 6.50. The summed E-state index contributed by atoms with van der Waals surface area (Å²) >= 11 is 0. The van der Waals surface area contributed by atoms with E-state index in [4.69, 9.17) is 9.29 Å². The number of hydrogen-bond donors (Lipinski definition) is 1. The minimum Gasteiger partial charge on any atom is -0.375 e. The average molecular weight is 360 g/mol. The Balaban J connectivity index is 1.61. The molecule has 9 heteroatoms. The summed E-state index contributed by atoms with van der Waals surface area (Å²) in [6.45, 7) is -0.649. The topological polar surface area (TPSA) is 63.6 Å². The van der Waals surface area contributed by atoms with Crippen LogP contribution in [-0.2, 0) is 14.9 Å². The van der Waals surface area contributed by atoms with Crippen LogP contribution in [0.3, 0.4) is 0 Å². The van der Waals surface area contributed by atoms with Gasteiger partial charge < -0.3 is 4.74 Å². The van der Waals surface area contributed by atoms with Crippen LogP contribution in [0.4, 0.5) is 17.6 Å². The molecule has 0 spiro atoms. The van der Waals surface area contributed by atoms with Crippen LogP contribution in [0.1, 0.15) is 44.9 Å². The summed E-state index contributed by atoms with van der Waals surface area (Å²) in [4.78, 5) is 0. The van der Waals surface area contributed by atoms with E-state index < -0.39 is 39.9 Å². The molecule has 4 aliphatic rings. The Hall–Kier alpha value is -0.410. The lowest BCUT2D eigenvalue weighted by Gasteiger charge is -2.56. The molecule has 4 fully saturated rings. The third kappa shape index (κ3) is 3.00. The van der Waals surface area contributed by atoms with Crippen molar-refractivity contribution in [1.29, 1.82) is 0 Å². The fourth-order valence-electron chi connectivity index (χ4n) is 4.94. The molecule has 0 atom stereocenters. The summed E-state index contributed by atoms with van der Waals surface area (Å²) in [7, 11) is -6.17. The molecule has 1 N–H and O–H groups in total. The standard InChI is InChI=1S/C14H20F4O4S/c15-13(16,14(17,18)23(19,20)21)1-2-22-12-6-9-3-10(7-12)5-11(4-9)8-12/h9-11H,1-8H2,(H,19,20,21). The average Bonchev–Trinajstić information content (AvgIpc) is 2.34. The van der Waals surface area contributed by atoms with E-state index in [0.717, 1.165) is 38.5 Å². The first-order valence-electron chi connectivity index (χ1n) is 7.81. The summed E-state index contributed by atoms with van der Waals surface area (Å²) in [6, 6.07) is 0. The van der Waals surface area contributed by atoms with Crippen LogP contribution in [0, 0.1) is 17.8 Å². The van der Waals surface area contributed by atoms with Crippen LogP contribution in [0.5, 0.6) is 0 Å². The van der Waals surface area contributed by atoms with E-state index in [1.807, 2.05) is 0 Å². The van der Waals surface area contributed by atoms with Gasteiger partial charge in [-0.05, 0) is 56.3 Å². The van der Waals surface area contributed by atoms with E-state index >= 15 is 0 Å². The zero-order valence-corrected chi connectivity index (χ0v) is 13.3. The van der Waals surface area contributed by atoms with Gasteiger partial charge in [0.25, 0.3) is 0 Å². The predicted molar refractivity (Wildman–Crippen MR) is 72.9 cm³/mol. The fraction of sp³-hybridized carbons (Fsp3) is 1.00. The molecule has 0 amide bonds. The molecule has 4 saturated carbocycles. The molecule has 0 unspecified atom stereocenters. The Morgan fingerprint density at radius 3 is 1.83 bits per heavy atom. The van der Waals surface area contributed by atoms with Crippen LogP contribution < -0.4 is 0 Å². The number of halogens is 4. The van der Waals surface area contributed by atoms with Gasteiger partial charge in [-0.3, -0.25) is 4.55 Å². The summed E-state index contributed by atoms with van der Waals surface area (Å²) in [5, 5.41) is -5.51. The van der Waals surface area contributed by atoms with Crippen molar-refractivity contribution in [1.82, 2.24) is 0 Å². The van der Waals surface area contributed by atoms with Gasteiger partial charge in [0.2, 0.25) is 0 Å². The van der Waals surface area contributed by atoms with Crippen LogP contribution in [0.25, 0.3) is 0 Å².